The van der Waals surface area contributed by atoms with Crippen LogP contribution in [0.15, 0.2) is 23.7 Å². The van der Waals surface area contributed by atoms with Crippen molar-refractivity contribution in [3.05, 3.63) is 34.4 Å². The molecule has 0 radical (unpaired) electrons. The molecule has 0 fully saturated rings. The van der Waals surface area contributed by atoms with E-state index in [1.54, 1.807) is 36.8 Å². The Labute approximate surface area is 121 Å². The molecule has 0 saturated heterocycles. The van der Waals surface area contributed by atoms with Crippen molar-refractivity contribution in [1.82, 2.24) is 15.3 Å². The molecule has 7 heteroatoms. The average Bonchev–Trinajstić information content (AvgIpc) is 2.85. The fourth-order valence-electron chi connectivity index (χ4n) is 1.58. The van der Waals surface area contributed by atoms with Gasteiger partial charge >= 0.3 is 6.03 Å². The van der Waals surface area contributed by atoms with Crippen molar-refractivity contribution in [2.75, 3.05) is 19.0 Å². The van der Waals surface area contributed by atoms with Gasteiger partial charge in [0, 0.05) is 24.4 Å². The highest BCUT2D eigenvalue weighted by atomic mass is 32.1. The fraction of sp³-hybridized carbons (Fsp3) is 0.308. The Morgan fingerprint density at radius 1 is 1.45 bits per heavy atom. The van der Waals surface area contributed by atoms with E-state index >= 15 is 0 Å². The van der Waals surface area contributed by atoms with E-state index in [0.29, 0.717) is 18.1 Å². The number of nitrogens with one attached hydrogen (secondary N) is 2. The smallest absolute Gasteiger partial charge is 0.319 e. The Morgan fingerprint density at radius 2 is 2.30 bits per heavy atom. The zero-order valence-electron chi connectivity index (χ0n) is 11.3. The summed E-state index contributed by atoms with van der Waals surface area (Å²) in [7, 11) is 1.54. The maximum atomic E-state index is 11.7. The van der Waals surface area contributed by atoms with E-state index in [2.05, 4.69) is 20.6 Å². The van der Waals surface area contributed by atoms with Crippen LogP contribution in [0, 0.1) is 6.92 Å². The summed E-state index contributed by atoms with van der Waals surface area (Å²) in [5.41, 5.74) is 1.62. The van der Waals surface area contributed by atoms with Crippen LogP contribution in [0.2, 0.25) is 0 Å². The topological polar surface area (TPSA) is 76.1 Å². The number of pyridine rings is 1. The van der Waals surface area contributed by atoms with E-state index < -0.39 is 0 Å². The molecule has 0 unspecified atom stereocenters. The number of nitrogens with zero attached hydrogens (tertiary/aromatic N) is 2. The van der Waals surface area contributed by atoms with Crippen molar-refractivity contribution in [2.24, 2.45) is 0 Å². The van der Waals surface area contributed by atoms with Gasteiger partial charge in [0.25, 0.3) is 0 Å². The second kappa shape index (κ2) is 6.85. The van der Waals surface area contributed by atoms with Crippen molar-refractivity contribution in [1.29, 1.82) is 0 Å². The fourth-order valence-corrected chi connectivity index (χ4v) is 2.22. The molecule has 2 rings (SSSR count). The van der Waals surface area contributed by atoms with Crippen molar-refractivity contribution < 1.29 is 9.53 Å². The Hall–Kier alpha value is -2.15. The standard InChI is InChI=1S/C13H16N4O2S/c1-9-16-11(8-20-9)5-6-14-13(18)17-10-3-4-12(19-2)15-7-10/h3-4,7-8H,5-6H2,1-2H3,(H2,14,17,18). The van der Waals surface area contributed by atoms with Crippen LogP contribution < -0.4 is 15.4 Å². The first-order valence-electron chi connectivity index (χ1n) is 6.13. The lowest BCUT2D eigenvalue weighted by atomic mass is 10.3. The Bertz CT molecular complexity index is 568. The number of methoxy groups -OCH3 is 1. The van der Waals surface area contributed by atoms with Gasteiger partial charge < -0.3 is 15.4 Å². The Kier molecular flexibility index (Phi) is 4.89. The SMILES string of the molecule is COc1ccc(NC(=O)NCCc2csc(C)n2)cn1. The zero-order valence-corrected chi connectivity index (χ0v) is 12.2. The van der Waals surface area contributed by atoms with Gasteiger partial charge in [0.05, 0.1) is 29.7 Å². The van der Waals surface area contributed by atoms with Gasteiger partial charge in [-0.25, -0.2) is 14.8 Å². The predicted octanol–water partition coefficient (Wildman–Crippen LogP) is 2.22. The number of aryl methyl sites for hydroxylation is 1. The molecule has 0 saturated carbocycles. The normalized spacial score (nSPS) is 10.1. The van der Waals surface area contributed by atoms with Crippen molar-refractivity contribution in [2.45, 2.75) is 13.3 Å². The minimum atomic E-state index is -0.260. The molecule has 2 amide bonds. The third-order valence-corrected chi connectivity index (χ3v) is 3.36. The molecular weight excluding hydrogens is 276 g/mol. The lowest BCUT2D eigenvalue weighted by Gasteiger charge is -2.07. The highest BCUT2D eigenvalue weighted by Gasteiger charge is 2.03. The van der Waals surface area contributed by atoms with Gasteiger partial charge in [-0.05, 0) is 13.0 Å². The molecule has 0 aromatic carbocycles. The van der Waals surface area contributed by atoms with Gasteiger partial charge in [-0.3, -0.25) is 0 Å². The average molecular weight is 292 g/mol. The van der Waals surface area contributed by atoms with E-state index in [9.17, 15) is 4.79 Å². The molecule has 0 aliphatic carbocycles. The molecule has 0 bridgehead atoms. The van der Waals surface area contributed by atoms with Crippen LogP contribution in [0.3, 0.4) is 0 Å². The van der Waals surface area contributed by atoms with Crippen LogP contribution in [-0.4, -0.2) is 29.7 Å². The molecule has 20 heavy (non-hydrogen) atoms. The minimum absolute atomic E-state index is 0.260. The van der Waals surface area contributed by atoms with E-state index in [-0.39, 0.29) is 6.03 Å². The number of amides is 2. The van der Waals surface area contributed by atoms with Crippen LogP contribution in [0.5, 0.6) is 5.88 Å². The lowest BCUT2D eigenvalue weighted by Crippen LogP contribution is -2.30. The first-order valence-corrected chi connectivity index (χ1v) is 7.01. The molecule has 2 heterocycles. The van der Waals surface area contributed by atoms with Crippen LogP contribution in [0.4, 0.5) is 10.5 Å². The molecule has 2 N–H and O–H groups in total. The molecule has 106 valence electrons. The van der Waals surface area contributed by atoms with Crippen LogP contribution in [-0.2, 0) is 6.42 Å². The quantitative estimate of drug-likeness (QED) is 0.886. The van der Waals surface area contributed by atoms with E-state index in [1.165, 1.54) is 0 Å². The number of hydrogen-bond donors (Lipinski definition) is 2. The summed E-state index contributed by atoms with van der Waals surface area (Å²) in [5.74, 6) is 0.509. The van der Waals surface area contributed by atoms with Crippen molar-refractivity contribution in [3.63, 3.8) is 0 Å². The molecule has 2 aromatic heterocycles. The number of carbonyl (C=O) groups is 1. The van der Waals surface area contributed by atoms with Crippen LogP contribution in [0.25, 0.3) is 0 Å². The third kappa shape index (κ3) is 4.20. The van der Waals surface area contributed by atoms with Crippen LogP contribution in [0.1, 0.15) is 10.7 Å². The van der Waals surface area contributed by atoms with Gasteiger partial charge in [0.1, 0.15) is 0 Å². The van der Waals surface area contributed by atoms with Gasteiger partial charge in [0.2, 0.25) is 5.88 Å². The number of aromatic nitrogens is 2. The summed E-state index contributed by atoms with van der Waals surface area (Å²) in [6.07, 6.45) is 2.26. The number of hydrogen-bond acceptors (Lipinski definition) is 5. The molecular formula is C13H16N4O2S. The largest absolute Gasteiger partial charge is 0.481 e. The Morgan fingerprint density at radius 3 is 2.90 bits per heavy atom. The van der Waals surface area contributed by atoms with Gasteiger partial charge in [-0.1, -0.05) is 0 Å². The molecule has 0 aliphatic heterocycles. The molecule has 2 aromatic rings. The summed E-state index contributed by atoms with van der Waals surface area (Å²) in [5, 5.41) is 8.51. The summed E-state index contributed by atoms with van der Waals surface area (Å²) >= 11 is 1.61. The van der Waals surface area contributed by atoms with Crippen LogP contribution >= 0.6 is 11.3 Å². The van der Waals surface area contributed by atoms with E-state index in [4.69, 9.17) is 4.74 Å². The van der Waals surface area contributed by atoms with Crippen molar-refractivity contribution in [3.8, 4) is 5.88 Å². The lowest BCUT2D eigenvalue weighted by molar-refractivity contribution is 0.252. The molecule has 0 spiro atoms. The number of rotatable bonds is 5. The van der Waals surface area contributed by atoms with Crippen molar-refractivity contribution >= 4 is 23.1 Å². The van der Waals surface area contributed by atoms with Gasteiger partial charge in [-0.2, -0.15) is 0 Å². The van der Waals surface area contributed by atoms with Gasteiger partial charge in [-0.15, -0.1) is 11.3 Å². The van der Waals surface area contributed by atoms with Gasteiger partial charge in [0.15, 0.2) is 0 Å². The second-order valence-corrected chi connectivity index (χ2v) is 5.14. The number of urea groups is 1. The highest BCUT2D eigenvalue weighted by Crippen LogP contribution is 2.10. The zero-order chi connectivity index (χ0) is 14.4. The maximum absolute atomic E-state index is 11.7. The van der Waals surface area contributed by atoms with E-state index in [0.717, 1.165) is 17.1 Å². The number of thiazole rings is 1. The molecule has 0 aliphatic rings. The highest BCUT2D eigenvalue weighted by molar-refractivity contribution is 7.09. The molecule has 6 nitrogen and oxygen atoms in total. The Balaban J connectivity index is 1.74. The second-order valence-electron chi connectivity index (χ2n) is 4.08. The summed E-state index contributed by atoms with van der Waals surface area (Å²) < 4.78 is 4.94. The molecule has 0 atom stereocenters. The maximum Gasteiger partial charge on any atom is 0.319 e. The number of anilines is 1. The van der Waals surface area contributed by atoms with E-state index in [1.807, 2.05) is 12.3 Å². The minimum Gasteiger partial charge on any atom is -0.481 e. The number of carbonyl (C=O) groups excluding carboxylic acids is 1. The predicted molar refractivity (Wildman–Crippen MR) is 78.4 cm³/mol. The summed E-state index contributed by atoms with van der Waals surface area (Å²) in [6.45, 7) is 2.50. The summed E-state index contributed by atoms with van der Waals surface area (Å²) in [4.78, 5) is 20.0. The first-order chi connectivity index (χ1) is 9.67. The summed E-state index contributed by atoms with van der Waals surface area (Å²) in [6, 6.07) is 3.16. The third-order valence-electron chi connectivity index (χ3n) is 2.54. The monoisotopic (exact) mass is 292 g/mol. The number of ether oxygens (including phenoxy) is 1. The first kappa shape index (κ1) is 14.3.